The molecule has 1 amide bonds. The van der Waals surface area contributed by atoms with Crippen molar-refractivity contribution in [3.8, 4) is 0 Å². The van der Waals surface area contributed by atoms with Gasteiger partial charge in [-0.2, -0.15) is 0 Å². The lowest BCUT2D eigenvalue weighted by atomic mass is 10.0. The van der Waals surface area contributed by atoms with Gasteiger partial charge in [0.15, 0.2) is 0 Å². The Labute approximate surface area is 180 Å². The van der Waals surface area contributed by atoms with Gasteiger partial charge >= 0.3 is 0 Å². The molecule has 5 heteroatoms. The molecule has 4 nitrogen and oxygen atoms in total. The summed E-state index contributed by atoms with van der Waals surface area (Å²) >= 11 is 6.25. The molecule has 2 rings (SSSR count). The highest BCUT2D eigenvalue weighted by Gasteiger charge is 2.15. The van der Waals surface area contributed by atoms with E-state index in [1.54, 1.807) is 6.20 Å². The summed E-state index contributed by atoms with van der Waals surface area (Å²) < 4.78 is 0. The summed E-state index contributed by atoms with van der Waals surface area (Å²) in [6.45, 7) is 14.3. The summed E-state index contributed by atoms with van der Waals surface area (Å²) in [4.78, 5) is 16.6. The molecule has 0 atom stereocenters. The van der Waals surface area contributed by atoms with E-state index in [2.05, 4.69) is 36.1 Å². The third kappa shape index (κ3) is 9.14. The largest absolute Gasteiger partial charge is 0.350 e. The van der Waals surface area contributed by atoms with E-state index in [4.69, 9.17) is 11.6 Å². The van der Waals surface area contributed by atoms with E-state index in [1.807, 2.05) is 51.1 Å². The Kier molecular flexibility index (Phi) is 11.1. The van der Waals surface area contributed by atoms with Crippen molar-refractivity contribution in [2.45, 2.75) is 53.9 Å². The molecule has 0 fully saturated rings. The average molecular weight is 416 g/mol. The summed E-state index contributed by atoms with van der Waals surface area (Å²) in [5, 5.41) is 6.70. The van der Waals surface area contributed by atoms with Crippen molar-refractivity contribution in [1.82, 2.24) is 10.6 Å². The number of allylic oxidation sites excluding steroid dienone is 3. The maximum absolute atomic E-state index is 12.1. The van der Waals surface area contributed by atoms with Crippen molar-refractivity contribution in [3.63, 3.8) is 0 Å². The summed E-state index contributed by atoms with van der Waals surface area (Å²) in [6, 6.07) is 5.85. The maximum atomic E-state index is 12.1. The van der Waals surface area contributed by atoms with Crippen LogP contribution >= 0.6 is 11.6 Å². The number of carbonyl (C=O) groups excluding carboxylic acids is 1. The van der Waals surface area contributed by atoms with Crippen molar-refractivity contribution < 1.29 is 4.79 Å². The normalized spacial score (nSPS) is 13.6. The number of hydrogen-bond donors (Lipinski definition) is 2. The first-order chi connectivity index (χ1) is 13.8. The molecule has 1 aliphatic rings. The molecule has 2 N–H and O–H groups in total. The van der Waals surface area contributed by atoms with Crippen molar-refractivity contribution in [3.05, 3.63) is 70.5 Å². The third-order valence-corrected chi connectivity index (χ3v) is 4.66. The zero-order valence-electron chi connectivity index (χ0n) is 18.3. The van der Waals surface area contributed by atoms with Gasteiger partial charge in [-0.05, 0) is 49.8 Å². The Bertz CT molecular complexity index is 771. The van der Waals surface area contributed by atoms with Gasteiger partial charge in [0.05, 0.1) is 12.1 Å². The maximum Gasteiger partial charge on any atom is 0.254 e. The number of rotatable bonds is 7. The highest BCUT2D eigenvalue weighted by molar-refractivity contribution is 6.31. The van der Waals surface area contributed by atoms with Crippen LogP contribution in [-0.4, -0.2) is 18.3 Å². The molecule has 1 heterocycles. The number of nitrogens with one attached hydrogen (secondary N) is 2. The molecular weight excluding hydrogens is 382 g/mol. The first-order valence-corrected chi connectivity index (χ1v) is 10.5. The smallest absolute Gasteiger partial charge is 0.254 e. The number of benzene rings is 1. The number of aryl methyl sites for hydroxylation is 1. The zero-order chi connectivity index (χ0) is 21.8. The minimum atomic E-state index is -0.114. The van der Waals surface area contributed by atoms with E-state index in [-0.39, 0.29) is 5.91 Å². The lowest BCUT2D eigenvalue weighted by Crippen LogP contribution is -2.31. The minimum Gasteiger partial charge on any atom is -0.350 e. The van der Waals surface area contributed by atoms with Crippen molar-refractivity contribution >= 4 is 23.3 Å². The molecule has 0 aliphatic carbocycles. The monoisotopic (exact) mass is 415 g/mol. The molecule has 0 radical (unpaired) electrons. The fourth-order valence-electron chi connectivity index (χ4n) is 2.69. The quantitative estimate of drug-likeness (QED) is 0.559. The lowest BCUT2D eigenvalue weighted by molar-refractivity contribution is -0.116. The van der Waals surface area contributed by atoms with E-state index in [0.29, 0.717) is 18.5 Å². The van der Waals surface area contributed by atoms with Gasteiger partial charge < -0.3 is 10.6 Å². The molecule has 1 aliphatic heterocycles. The highest BCUT2D eigenvalue weighted by atomic mass is 35.5. The first kappa shape index (κ1) is 24.7. The Hall–Kier alpha value is -2.33. The van der Waals surface area contributed by atoms with E-state index in [1.165, 1.54) is 0 Å². The van der Waals surface area contributed by atoms with Crippen LogP contribution in [0.3, 0.4) is 0 Å². The second kappa shape index (κ2) is 13.0. The lowest BCUT2D eigenvalue weighted by Gasteiger charge is -2.16. The third-order valence-electron chi connectivity index (χ3n) is 4.30. The first-order valence-electron chi connectivity index (χ1n) is 10.1. The summed E-state index contributed by atoms with van der Waals surface area (Å²) in [7, 11) is 0. The standard InChI is InChI=1S/C18H22ClN3O.C6H12/c1-4-6-13(3)22-18(23)14-10-20-17(21-11-14)9-15-12(2)7-5-8-16(15)19;1-4-5-6(2)3/h5-8,10H,4,9,11H2,1-3H3,(H,20,21)(H,22,23);4,6H,1,5H2,2-3H3/b13-6+;. The van der Waals surface area contributed by atoms with E-state index < -0.39 is 0 Å². The number of amides is 1. The highest BCUT2D eigenvalue weighted by Crippen LogP contribution is 2.20. The van der Waals surface area contributed by atoms with Gasteiger partial charge in [-0.3, -0.25) is 9.79 Å². The number of amidine groups is 1. The molecule has 1 aromatic rings. The van der Waals surface area contributed by atoms with Crippen LogP contribution in [0.15, 0.2) is 59.4 Å². The Morgan fingerprint density at radius 3 is 2.62 bits per heavy atom. The van der Waals surface area contributed by atoms with Crippen LogP contribution < -0.4 is 10.6 Å². The second-order valence-corrected chi connectivity index (χ2v) is 7.86. The molecule has 0 spiro atoms. The van der Waals surface area contributed by atoms with Gasteiger partial charge in [-0.1, -0.05) is 56.7 Å². The molecule has 0 bridgehead atoms. The van der Waals surface area contributed by atoms with Gasteiger partial charge in [0.1, 0.15) is 5.84 Å². The summed E-state index contributed by atoms with van der Waals surface area (Å²) in [5.41, 5.74) is 3.67. The SMILES string of the molecule is C=CCC(C)C.CC/C=C(\C)NC(=O)C1=CNC(Cc2c(C)cccc2Cl)=NC1. The number of aliphatic imine (C=N–C) groups is 1. The Balaban J connectivity index is 0.000000612. The molecule has 0 saturated heterocycles. The number of nitrogens with zero attached hydrogens (tertiary/aromatic N) is 1. The predicted octanol–water partition coefficient (Wildman–Crippen LogP) is 5.73. The fourth-order valence-corrected chi connectivity index (χ4v) is 2.98. The Morgan fingerprint density at radius 1 is 1.41 bits per heavy atom. The van der Waals surface area contributed by atoms with Crippen LogP contribution in [0.2, 0.25) is 5.02 Å². The molecule has 158 valence electrons. The van der Waals surface area contributed by atoms with Gasteiger partial charge in [0.25, 0.3) is 5.91 Å². The van der Waals surface area contributed by atoms with Crippen LogP contribution in [0, 0.1) is 12.8 Å². The molecule has 0 aromatic heterocycles. The second-order valence-electron chi connectivity index (χ2n) is 7.46. The number of carbonyl (C=O) groups is 1. The molecule has 29 heavy (non-hydrogen) atoms. The Morgan fingerprint density at radius 2 is 2.14 bits per heavy atom. The molecule has 0 unspecified atom stereocenters. The van der Waals surface area contributed by atoms with Gasteiger partial charge in [-0.25, -0.2) is 0 Å². The van der Waals surface area contributed by atoms with Gasteiger partial charge in [-0.15, -0.1) is 6.58 Å². The zero-order valence-corrected chi connectivity index (χ0v) is 19.1. The average Bonchev–Trinajstić information content (AvgIpc) is 2.66. The number of halogens is 1. The van der Waals surface area contributed by atoms with Gasteiger partial charge in [0.2, 0.25) is 0 Å². The van der Waals surface area contributed by atoms with Crippen molar-refractivity contribution in [2.75, 3.05) is 6.54 Å². The van der Waals surface area contributed by atoms with E-state index in [9.17, 15) is 4.79 Å². The van der Waals surface area contributed by atoms with Crippen LogP contribution in [0.25, 0.3) is 0 Å². The van der Waals surface area contributed by atoms with E-state index >= 15 is 0 Å². The minimum absolute atomic E-state index is 0.114. The summed E-state index contributed by atoms with van der Waals surface area (Å²) in [6.07, 6.45) is 8.31. The molecule has 0 saturated carbocycles. The van der Waals surface area contributed by atoms with E-state index in [0.717, 1.165) is 46.4 Å². The van der Waals surface area contributed by atoms with Crippen LogP contribution in [0.4, 0.5) is 0 Å². The topological polar surface area (TPSA) is 53.5 Å². The van der Waals surface area contributed by atoms with Crippen LogP contribution in [-0.2, 0) is 11.2 Å². The number of hydrogen-bond acceptors (Lipinski definition) is 3. The van der Waals surface area contributed by atoms with Gasteiger partial charge in [0, 0.05) is 23.3 Å². The van der Waals surface area contributed by atoms with Crippen molar-refractivity contribution in [1.29, 1.82) is 0 Å². The predicted molar refractivity (Wildman–Crippen MR) is 125 cm³/mol. The molecular formula is C24H34ClN3O. The molecule has 1 aromatic carbocycles. The van der Waals surface area contributed by atoms with Crippen LogP contribution in [0.5, 0.6) is 0 Å². The van der Waals surface area contributed by atoms with Crippen LogP contribution in [0.1, 0.15) is 51.7 Å². The van der Waals surface area contributed by atoms with Crippen molar-refractivity contribution in [2.24, 2.45) is 10.9 Å². The fraction of sp³-hybridized carbons (Fsp3) is 0.417. The summed E-state index contributed by atoms with van der Waals surface area (Å²) in [5.74, 6) is 1.48.